The minimum Gasteiger partial charge on any atom is -0.507 e. The molecule has 0 radical (unpaired) electrons. The second-order valence-corrected chi connectivity index (χ2v) is 9.09. The van der Waals surface area contributed by atoms with E-state index >= 15 is 0 Å². The van der Waals surface area contributed by atoms with Gasteiger partial charge in [-0.3, -0.25) is 14.5 Å². The van der Waals surface area contributed by atoms with E-state index < -0.39 is 17.7 Å². The number of ketones is 1. The predicted octanol–water partition coefficient (Wildman–Crippen LogP) is 3.96. The van der Waals surface area contributed by atoms with Crippen LogP contribution in [0.5, 0.6) is 11.5 Å². The van der Waals surface area contributed by atoms with Crippen LogP contribution in [0.2, 0.25) is 0 Å². The number of amides is 1. The molecule has 2 heterocycles. The largest absolute Gasteiger partial charge is 0.507 e. The summed E-state index contributed by atoms with van der Waals surface area (Å²) >= 11 is 0. The summed E-state index contributed by atoms with van der Waals surface area (Å²) < 4.78 is 16.5. The Bertz CT molecular complexity index is 1170. The van der Waals surface area contributed by atoms with Gasteiger partial charge in [0.1, 0.15) is 30.5 Å². The van der Waals surface area contributed by atoms with Crippen molar-refractivity contribution in [1.29, 1.82) is 0 Å². The van der Waals surface area contributed by atoms with Gasteiger partial charge < -0.3 is 24.2 Å². The third kappa shape index (κ3) is 6.33. The average molecular weight is 519 g/mol. The predicted molar refractivity (Wildman–Crippen MR) is 145 cm³/mol. The number of rotatable bonds is 12. The van der Waals surface area contributed by atoms with Gasteiger partial charge in [-0.25, -0.2) is 0 Å². The van der Waals surface area contributed by atoms with Crippen molar-refractivity contribution in [3.8, 4) is 11.5 Å². The molecule has 2 aromatic rings. The van der Waals surface area contributed by atoms with Gasteiger partial charge in [0.2, 0.25) is 0 Å². The van der Waals surface area contributed by atoms with E-state index in [1.165, 1.54) is 0 Å². The first-order valence-corrected chi connectivity index (χ1v) is 12.8. The first-order chi connectivity index (χ1) is 18.5. The molecular weight excluding hydrogens is 484 g/mol. The number of nitrogens with zero attached hydrogens (tertiary/aromatic N) is 2. The number of morpholine rings is 1. The molecular formula is C30H34N2O6. The third-order valence-corrected chi connectivity index (χ3v) is 6.58. The van der Waals surface area contributed by atoms with E-state index in [1.54, 1.807) is 53.5 Å². The molecule has 0 bridgehead atoms. The van der Waals surface area contributed by atoms with Crippen molar-refractivity contribution in [3.63, 3.8) is 0 Å². The molecule has 200 valence electrons. The lowest BCUT2D eigenvalue weighted by molar-refractivity contribution is -0.140. The van der Waals surface area contributed by atoms with Crippen molar-refractivity contribution in [1.82, 2.24) is 9.80 Å². The summed E-state index contributed by atoms with van der Waals surface area (Å²) in [5, 5.41) is 11.3. The fourth-order valence-corrected chi connectivity index (χ4v) is 4.67. The SMILES string of the molecule is C=CCOc1ccc(/C(O)=C2\C(=O)C(=O)N(CCCN3CCOCC3)[C@@H]2c2ccc(OCC=C)cc2)cc1. The van der Waals surface area contributed by atoms with Crippen LogP contribution in [0.25, 0.3) is 5.76 Å². The molecule has 38 heavy (non-hydrogen) atoms. The zero-order valence-corrected chi connectivity index (χ0v) is 21.5. The van der Waals surface area contributed by atoms with Crippen molar-refractivity contribution in [2.75, 3.05) is 52.6 Å². The molecule has 2 fully saturated rings. The fraction of sp³-hybridized carbons (Fsp3) is 0.333. The Kier molecular flexibility index (Phi) is 9.35. The Labute approximate surface area is 223 Å². The van der Waals surface area contributed by atoms with Crippen LogP contribution in [0.1, 0.15) is 23.6 Å². The first-order valence-electron chi connectivity index (χ1n) is 12.8. The molecule has 0 unspecified atom stereocenters. The summed E-state index contributed by atoms with van der Waals surface area (Å²) in [6.07, 6.45) is 3.99. The van der Waals surface area contributed by atoms with Gasteiger partial charge in [0.15, 0.2) is 0 Å². The van der Waals surface area contributed by atoms with Crippen LogP contribution in [-0.2, 0) is 14.3 Å². The number of hydrogen-bond donors (Lipinski definition) is 1. The number of ether oxygens (including phenoxy) is 3. The summed E-state index contributed by atoms with van der Waals surface area (Å²) in [7, 11) is 0. The monoisotopic (exact) mass is 518 g/mol. The topological polar surface area (TPSA) is 88.5 Å². The maximum atomic E-state index is 13.3. The number of benzene rings is 2. The van der Waals surface area contributed by atoms with E-state index in [0.717, 1.165) is 19.6 Å². The van der Waals surface area contributed by atoms with Crippen LogP contribution in [0, 0.1) is 0 Å². The third-order valence-electron chi connectivity index (χ3n) is 6.58. The molecule has 1 atom stereocenters. The summed E-state index contributed by atoms with van der Waals surface area (Å²) in [6.45, 7) is 12.3. The van der Waals surface area contributed by atoms with Crippen molar-refractivity contribution in [2.45, 2.75) is 12.5 Å². The molecule has 2 aromatic carbocycles. The van der Waals surface area contributed by atoms with Gasteiger partial charge >= 0.3 is 0 Å². The standard InChI is InChI=1S/C30H34N2O6/c1-3-18-37-24-10-6-22(7-11-24)27-26(28(33)23-8-12-25(13-9-23)38-19-4-2)29(34)30(35)32(27)15-5-14-31-16-20-36-21-17-31/h3-4,6-13,27,33H,1-2,5,14-21H2/b28-26+/t27-/m1/s1. The molecule has 4 rings (SSSR count). The Hall–Kier alpha value is -3.88. The van der Waals surface area contributed by atoms with Crippen LogP contribution in [-0.4, -0.2) is 79.2 Å². The minimum atomic E-state index is -0.718. The molecule has 2 saturated heterocycles. The number of carbonyl (C=O) groups is 2. The van der Waals surface area contributed by atoms with Gasteiger partial charge in [0.05, 0.1) is 24.8 Å². The summed E-state index contributed by atoms with van der Waals surface area (Å²) in [5.74, 6) is -0.273. The number of Topliss-reactive ketones (excluding diaryl/α,β-unsaturated/α-hetero) is 1. The molecule has 0 spiro atoms. The maximum absolute atomic E-state index is 13.3. The lowest BCUT2D eigenvalue weighted by atomic mass is 9.95. The molecule has 8 nitrogen and oxygen atoms in total. The van der Waals surface area contributed by atoms with Crippen LogP contribution < -0.4 is 9.47 Å². The molecule has 8 heteroatoms. The molecule has 0 saturated carbocycles. The molecule has 0 aliphatic carbocycles. The van der Waals surface area contributed by atoms with Gasteiger partial charge in [-0.15, -0.1) is 0 Å². The van der Waals surface area contributed by atoms with Crippen LogP contribution in [0.15, 0.2) is 79.4 Å². The van der Waals surface area contributed by atoms with Gasteiger partial charge in [0.25, 0.3) is 11.7 Å². The van der Waals surface area contributed by atoms with Crippen LogP contribution in [0.3, 0.4) is 0 Å². The Balaban J connectivity index is 1.64. The maximum Gasteiger partial charge on any atom is 0.295 e. The summed E-state index contributed by atoms with van der Waals surface area (Å²) in [4.78, 5) is 30.4. The lowest BCUT2D eigenvalue weighted by Gasteiger charge is -2.29. The number of carbonyl (C=O) groups excluding carboxylic acids is 2. The Morgan fingerprint density at radius 3 is 2.08 bits per heavy atom. The molecule has 2 aliphatic rings. The van der Waals surface area contributed by atoms with Crippen molar-refractivity contribution >= 4 is 17.4 Å². The van der Waals surface area contributed by atoms with E-state index in [4.69, 9.17) is 14.2 Å². The highest BCUT2D eigenvalue weighted by atomic mass is 16.5. The summed E-state index contributed by atoms with van der Waals surface area (Å²) in [5.41, 5.74) is 1.22. The van der Waals surface area contributed by atoms with Crippen LogP contribution >= 0.6 is 0 Å². The summed E-state index contributed by atoms with van der Waals surface area (Å²) in [6, 6.07) is 13.3. The number of likely N-dealkylation sites (tertiary alicyclic amines) is 1. The highest BCUT2D eigenvalue weighted by Gasteiger charge is 2.45. The number of aliphatic hydroxyl groups excluding tert-OH is 1. The van der Waals surface area contributed by atoms with Gasteiger partial charge in [-0.1, -0.05) is 37.4 Å². The molecule has 0 aromatic heterocycles. The highest BCUT2D eigenvalue weighted by Crippen LogP contribution is 2.40. The highest BCUT2D eigenvalue weighted by molar-refractivity contribution is 6.46. The van der Waals surface area contributed by atoms with E-state index in [-0.39, 0.29) is 11.3 Å². The zero-order valence-electron chi connectivity index (χ0n) is 21.5. The quantitative estimate of drug-likeness (QED) is 0.197. The number of hydrogen-bond acceptors (Lipinski definition) is 7. The normalized spacial score (nSPS) is 19.4. The van der Waals surface area contributed by atoms with Crippen molar-refractivity contribution in [3.05, 3.63) is 90.5 Å². The fourth-order valence-electron chi connectivity index (χ4n) is 4.67. The van der Waals surface area contributed by atoms with Crippen molar-refractivity contribution < 1.29 is 28.9 Å². The van der Waals surface area contributed by atoms with Crippen molar-refractivity contribution in [2.24, 2.45) is 0 Å². The number of aliphatic hydroxyl groups is 1. The molecule has 1 N–H and O–H groups in total. The lowest BCUT2D eigenvalue weighted by Crippen LogP contribution is -2.38. The van der Waals surface area contributed by atoms with E-state index in [1.807, 2.05) is 12.1 Å². The second kappa shape index (κ2) is 13.1. The smallest absolute Gasteiger partial charge is 0.295 e. The first kappa shape index (κ1) is 27.2. The average Bonchev–Trinajstić information content (AvgIpc) is 3.21. The van der Waals surface area contributed by atoms with Gasteiger partial charge in [-0.2, -0.15) is 0 Å². The molecule has 1 amide bonds. The van der Waals surface area contributed by atoms with Gasteiger partial charge in [0, 0.05) is 31.7 Å². The second-order valence-electron chi connectivity index (χ2n) is 9.09. The Morgan fingerprint density at radius 1 is 0.921 bits per heavy atom. The van der Waals surface area contributed by atoms with E-state index in [0.29, 0.717) is 62.0 Å². The minimum absolute atomic E-state index is 0.0703. The van der Waals surface area contributed by atoms with Crippen LogP contribution in [0.4, 0.5) is 0 Å². The van der Waals surface area contributed by atoms with E-state index in [2.05, 4.69) is 18.1 Å². The van der Waals surface area contributed by atoms with E-state index in [9.17, 15) is 14.7 Å². The Morgan fingerprint density at radius 2 is 1.50 bits per heavy atom. The zero-order chi connectivity index (χ0) is 26.9. The molecule has 2 aliphatic heterocycles. The van der Waals surface area contributed by atoms with Gasteiger partial charge in [-0.05, 0) is 48.4 Å².